The second kappa shape index (κ2) is 6.02. The summed E-state index contributed by atoms with van der Waals surface area (Å²) >= 11 is 0. The number of hydrogen-bond donors (Lipinski definition) is 1. The summed E-state index contributed by atoms with van der Waals surface area (Å²) in [5.41, 5.74) is 0.918. The van der Waals surface area contributed by atoms with Crippen molar-refractivity contribution in [3.05, 3.63) is 53.6 Å². The number of benzene rings is 2. The molecule has 0 aromatic heterocycles. The third-order valence-electron chi connectivity index (χ3n) is 2.94. The number of esters is 1. The molecule has 0 aliphatic carbocycles. The summed E-state index contributed by atoms with van der Waals surface area (Å²) in [6, 6.07) is 13.4. The van der Waals surface area contributed by atoms with Crippen LogP contribution in [0.1, 0.15) is 12.0 Å². The van der Waals surface area contributed by atoms with Crippen LogP contribution in [0.2, 0.25) is 0 Å². The zero-order chi connectivity index (χ0) is 14.5. The lowest BCUT2D eigenvalue weighted by molar-refractivity contribution is -0.141. The fraction of sp³-hybridized carbons (Fsp3) is 0.125. The molecular formula is C16H14O4. The Labute approximate surface area is 116 Å². The minimum atomic E-state index is -1.07. The van der Waals surface area contributed by atoms with Crippen LogP contribution in [0.15, 0.2) is 48.0 Å². The predicted octanol–water partition coefficient (Wildman–Crippen LogP) is 2.87. The summed E-state index contributed by atoms with van der Waals surface area (Å²) in [6.07, 6.45) is 1.21. The zero-order valence-corrected chi connectivity index (χ0v) is 11.0. The van der Waals surface area contributed by atoms with Crippen molar-refractivity contribution in [3.63, 3.8) is 0 Å². The number of carboxylic acid groups (broad SMARTS) is 1. The van der Waals surface area contributed by atoms with Crippen molar-refractivity contribution >= 4 is 28.8 Å². The zero-order valence-electron chi connectivity index (χ0n) is 11.0. The van der Waals surface area contributed by atoms with Crippen molar-refractivity contribution < 1.29 is 19.4 Å². The molecule has 2 rings (SSSR count). The van der Waals surface area contributed by atoms with Crippen LogP contribution in [0.5, 0.6) is 0 Å². The molecule has 4 nitrogen and oxygen atoms in total. The first-order valence-electron chi connectivity index (χ1n) is 6.10. The van der Waals surface area contributed by atoms with Gasteiger partial charge in [0.1, 0.15) is 0 Å². The maximum absolute atomic E-state index is 11.6. The average molecular weight is 270 g/mol. The third-order valence-corrected chi connectivity index (χ3v) is 2.94. The minimum absolute atomic E-state index is 0.122. The van der Waals surface area contributed by atoms with Crippen molar-refractivity contribution in [2.75, 3.05) is 7.11 Å². The Bertz CT molecular complexity index is 680. The molecule has 0 fully saturated rings. The fourth-order valence-corrected chi connectivity index (χ4v) is 2.04. The number of carbonyl (C=O) groups is 2. The van der Waals surface area contributed by atoms with Gasteiger partial charge >= 0.3 is 11.9 Å². The van der Waals surface area contributed by atoms with E-state index in [9.17, 15) is 9.59 Å². The second-order valence-corrected chi connectivity index (χ2v) is 4.30. The summed E-state index contributed by atoms with van der Waals surface area (Å²) in [4.78, 5) is 22.5. The van der Waals surface area contributed by atoms with E-state index in [-0.39, 0.29) is 12.0 Å². The number of fused-ring (bicyclic) bond motifs is 1. The molecule has 20 heavy (non-hydrogen) atoms. The van der Waals surface area contributed by atoms with E-state index >= 15 is 0 Å². The van der Waals surface area contributed by atoms with Crippen LogP contribution in [-0.4, -0.2) is 24.2 Å². The maximum atomic E-state index is 11.6. The van der Waals surface area contributed by atoms with Crippen molar-refractivity contribution in [1.82, 2.24) is 0 Å². The van der Waals surface area contributed by atoms with Gasteiger partial charge in [-0.05, 0) is 22.4 Å². The Hall–Kier alpha value is -2.62. The molecule has 0 spiro atoms. The van der Waals surface area contributed by atoms with E-state index in [1.165, 1.54) is 7.11 Å². The molecule has 1 N–H and O–H groups in total. The monoisotopic (exact) mass is 270 g/mol. The molecule has 102 valence electrons. The highest BCUT2D eigenvalue weighted by molar-refractivity contribution is 6.01. The molecule has 0 bridgehead atoms. The van der Waals surface area contributed by atoms with Gasteiger partial charge < -0.3 is 9.84 Å². The molecule has 0 aliphatic rings. The molecule has 0 radical (unpaired) electrons. The molecule has 4 heteroatoms. The van der Waals surface area contributed by atoms with Crippen LogP contribution in [-0.2, 0) is 14.3 Å². The van der Waals surface area contributed by atoms with Gasteiger partial charge in [-0.3, -0.25) is 4.79 Å². The van der Waals surface area contributed by atoms with Gasteiger partial charge in [-0.2, -0.15) is 0 Å². The van der Waals surface area contributed by atoms with Gasteiger partial charge in [0.25, 0.3) is 0 Å². The highest BCUT2D eigenvalue weighted by Crippen LogP contribution is 2.22. The predicted molar refractivity (Wildman–Crippen MR) is 76.2 cm³/mol. The molecule has 0 saturated heterocycles. The largest absolute Gasteiger partial charge is 0.481 e. The molecule has 0 heterocycles. The Morgan fingerprint density at radius 2 is 1.85 bits per heavy atom. The van der Waals surface area contributed by atoms with Gasteiger partial charge in [-0.15, -0.1) is 0 Å². The van der Waals surface area contributed by atoms with Gasteiger partial charge in [0, 0.05) is 5.57 Å². The summed E-state index contributed by atoms with van der Waals surface area (Å²) in [5.74, 6) is -1.69. The number of carbonyl (C=O) groups excluding carboxylic acids is 1. The Morgan fingerprint density at radius 1 is 1.15 bits per heavy atom. The van der Waals surface area contributed by atoms with Gasteiger partial charge in [0.05, 0.1) is 13.5 Å². The Morgan fingerprint density at radius 3 is 2.55 bits per heavy atom. The van der Waals surface area contributed by atoms with Crippen molar-refractivity contribution in [3.8, 4) is 0 Å². The maximum Gasteiger partial charge on any atom is 0.334 e. The van der Waals surface area contributed by atoms with E-state index in [2.05, 4.69) is 4.74 Å². The van der Waals surface area contributed by atoms with Crippen LogP contribution < -0.4 is 0 Å². The van der Waals surface area contributed by atoms with Gasteiger partial charge in [-0.25, -0.2) is 4.79 Å². The minimum Gasteiger partial charge on any atom is -0.481 e. The van der Waals surface area contributed by atoms with Crippen LogP contribution in [0, 0.1) is 0 Å². The van der Waals surface area contributed by atoms with E-state index in [0.717, 1.165) is 16.3 Å². The average Bonchev–Trinajstić information content (AvgIpc) is 2.45. The second-order valence-electron chi connectivity index (χ2n) is 4.30. The molecule has 0 aliphatic heterocycles. The molecule has 0 unspecified atom stereocenters. The van der Waals surface area contributed by atoms with Crippen LogP contribution in [0.3, 0.4) is 0 Å². The number of carboxylic acids is 1. The highest BCUT2D eigenvalue weighted by atomic mass is 16.5. The number of methoxy groups -OCH3 is 1. The first-order chi connectivity index (χ1) is 9.61. The van der Waals surface area contributed by atoms with E-state index in [1.807, 2.05) is 42.5 Å². The van der Waals surface area contributed by atoms with E-state index in [1.54, 1.807) is 6.08 Å². The Kier molecular flexibility index (Phi) is 4.15. The van der Waals surface area contributed by atoms with Crippen LogP contribution >= 0.6 is 0 Å². The number of rotatable bonds is 4. The molecule has 2 aromatic rings. The summed E-state index contributed by atoms with van der Waals surface area (Å²) in [5, 5.41) is 10.9. The lowest BCUT2D eigenvalue weighted by atomic mass is 10.0. The normalized spacial score (nSPS) is 11.3. The number of aliphatic carboxylic acids is 1. The smallest absolute Gasteiger partial charge is 0.334 e. The first-order valence-corrected chi connectivity index (χ1v) is 6.10. The molecule has 0 atom stereocenters. The summed E-state index contributed by atoms with van der Waals surface area (Å²) in [7, 11) is 1.24. The molecular weight excluding hydrogens is 256 g/mol. The molecule has 2 aromatic carbocycles. The lowest BCUT2D eigenvalue weighted by Gasteiger charge is -2.05. The standard InChI is InChI=1S/C16H14O4/c1-20-16(19)13(10-15(17)18)9-12-7-4-6-11-5-2-3-8-14(11)12/h2-9H,10H2,1H3,(H,17,18)/b13-9-. The number of hydrogen-bond acceptors (Lipinski definition) is 3. The van der Waals surface area contributed by atoms with Crippen molar-refractivity contribution in [2.24, 2.45) is 0 Å². The van der Waals surface area contributed by atoms with Crippen LogP contribution in [0.4, 0.5) is 0 Å². The fourth-order valence-electron chi connectivity index (χ4n) is 2.04. The van der Waals surface area contributed by atoms with E-state index in [0.29, 0.717) is 0 Å². The number of ether oxygens (including phenoxy) is 1. The molecule has 0 amide bonds. The quantitative estimate of drug-likeness (QED) is 0.685. The topological polar surface area (TPSA) is 63.6 Å². The van der Waals surface area contributed by atoms with E-state index in [4.69, 9.17) is 5.11 Å². The van der Waals surface area contributed by atoms with Crippen LogP contribution in [0.25, 0.3) is 16.8 Å². The van der Waals surface area contributed by atoms with Gasteiger partial charge in [0.15, 0.2) is 0 Å². The van der Waals surface area contributed by atoms with E-state index < -0.39 is 11.9 Å². The first kappa shape index (κ1) is 13.8. The third kappa shape index (κ3) is 3.03. The SMILES string of the molecule is COC(=O)/C(=C\c1cccc2ccccc12)CC(=O)O. The van der Waals surface area contributed by atoms with Crippen molar-refractivity contribution in [2.45, 2.75) is 6.42 Å². The Balaban J connectivity index is 2.53. The van der Waals surface area contributed by atoms with Gasteiger partial charge in [0.2, 0.25) is 0 Å². The summed E-state index contributed by atoms with van der Waals surface area (Å²) in [6.45, 7) is 0. The van der Waals surface area contributed by atoms with Gasteiger partial charge in [-0.1, -0.05) is 42.5 Å². The molecule has 0 saturated carbocycles. The van der Waals surface area contributed by atoms with Crippen molar-refractivity contribution in [1.29, 1.82) is 0 Å². The highest BCUT2D eigenvalue weighted by Gasteiger charge is 2.14. The lowest BCUT2D eigenvalue weighted by Crippen LogP contribution is -2.09. The summed E-state index contributed by atoms with van der Waals surface area (Å²) < 4.78 is 4.63.